The standard InChI is InChI=1S/C21H30FN5O/c1-4-27-14-19(12-23-27)24-21(28)26-11-5-10-25(20(15-26)16(2)3)13-17-6-8-18(22)9-7-17/h6-9,12,14,16,20H,4-5,10-11,13,15H2,1-3H3,(H,24,28)/t20-/m1/s1. The van der Waals surface area contributed by atoms with Gasteiger partial charge >= 0.3 is 6.03 Å². The summed E-state index contributed by atoms with van der Waals surface area (Å²) in [6, 6.07) is 6.87. The third kappa shape index (κ3) is 5.10. The van der Waals surface area contributed by atoms with Crippen LogP contribution in [0.1, 0.15) is 32.8 Å². The van der Waals surface area contributed by atoms with Crippen LogP contribution < -0.4 is 5.32 Å². The fraction of sp³-hybridized carbons (Fsp3) is 0.524. The first-order valence-electron chi connectivity index (χ1n) is 10.0. The second kappa shape index (κ2) is 9.19. The van der Waals surface area contributed by atoms with E-state index in [1.807, 2.05) is 30.2 Å². The van der Waals surface area contributed by atoms with Gasteiger partial charge in [-0.3, -0.25) is 9.58 Å². The summed E-state index contributed by atoms with van der Waals surface area (Å²) in [6.45, 7) is 10.2. The summed E-state index contributed by atoms with van der Waals surface area (Å²) >= 11 is 0. The Bertz CT molecular complexity index is 773. The minimum Gasteiger partial charge on any atom is -0.323 e. The Hall–Kier alpha value is -2.41. The molecule has 7 heteroatoms. The molecule has 2 heterocycles. The van der Waals surface area contributed by atoms with E-state index in [-0.39, 0.29) is 17.9 Å². The maximum atomic E-state index is 13.2. The van der Waals surface area contributed by atoms with Crippen molar-refractivity contribution >= 4 is 11.7 Å². The normalized spacial score (nSPS) is 18.3. The zero-order valence-electron chi connectivity index (χ0n) is 16.9. The van der Waals surface area contributed by atoms with Crippen molar-refractivity contribution in [1.82, 2.24) is 19.6 Å². The largest absolute Gasteiger partial charge is 0.323 e. The first-order chi connectivity index (χ1) is 13.5. The highest BCUT2D eigenvalue weighted by molar-refractivity contribution is 5.89. The fourth-order valence-corrected chi connectivity index (χ4v) is 3.70. The fourth-order valence-electron chi connectivity index (χ4n) is 3.70. The number of anilines is 1. The van der Waals surface area contributed by atoms with Crippen molar-refractivity contribution in [3.05, 3.63) is 48.0 Å². The van der Waals surface area contributed by atoms with Gasteiger partial charge in [0.25, 0.3) is 0 Å². The van der Waals surface area contributed by atoms with Gasteiger partial charge in [-0.2, -0.15) is 5.10 Å². The zero-order chi connectivity index (χ0) is 20.1. The van der Waals surface area contributed by atoms with Crippen molar-refractivity contribution in [2.24, 2.45) is 5.92 Å². The second-order valence-electron chi connectivity index (χ2n) is 7.72. The molecule has 0 spiro atoms. The Morgan fingerprint density at radius 1 is 1.29 bits per heavy atom. The second-order valence-corrected chi connectivity index (χ2v) is 7.72. The lowest BCUT2D eigenvalue weighted by atomic mass is 10.0. The molecule has 0 aliphatic carbocycles. The number of halogens is 1. The number of amides is 2. The van der Waals surface area contributed by atoms with E-state index in [2.05, 4.69) is 29.2 Å². The number of carbonyl (C=O) groups excluding carboxylic acids is 1. The van der Waals surface area contributed by atoms with Crippen LogP contribution in [0.25, 0.3) is 0 Å². The number of urea groups is 1. The molecule has 1 N–H and O–H groups in total. The van der Waals surface area contributed by atoms with Gasteiger partial charge in [0.1, 0.15) is 5.82 Å². The Labute approximate surface area is 166 Å². The molecule has 2 amide bonds. The molecule has 0 saturated carbocycles. The van der Waals surface area contributed by atoms with Gasteiger partial charge in [0.05, 0.1) is 11.9 Å². The van der Waals surface area contributed by atoms with Crippen LogP contribution in [-0.2, 0) is 13.1 Å². The molecule has 1 saturated heterocycles. The maximum absolute atomic E-state index is 13.2. The minimum absolute atomic E-state index is 0.0788. The average molecular weight is 388 g/mol. The highest BCUT2D eigenvalue weighted by atomic mass is 19.1. The molecule has 1 aromatic heterocycles. The minimum atomic E-state index is -0.214. The van der Waals surface area contributed by atoms with Crippen molar-refractivity contribution in [2.75, 3.05) is 25.0 Å². The number of carbonyl (C=O) groups is 1. The molecule has 1 fully saturated rings. The number of nitrogens with one attached hydrogen (secondary N) is 1. The van der Waals surface area contributed by atoms with Crippen molar-refractivity contribution < 1.29 is 9.18 Å². The molecule has 3 rings (SSSR count). The molecule has 1 aliphatic heterocycles. The van der Waals surface area contributed by atoms with Gasteiger partial charge in [0.15, 0.2) is 0 Å². The van der Waals surface area contributed by atoms with Crippen LogP contribution in [0.3, 0.4) is 0 Å². The van der Waals surface area contributed by atoms with Gasteiger partial charge in [-0.15, -0.1) is 0 Å². The number of aromatic nitrogens is 2. The molecule has 28 heavy (non-hydrogen) atoms. The summed E-state index contributed by atoms with van der Waals surface area (Å²) in [6.07, 6.45) is 4.43. The smallest absolute Gasteiger partial charge is 0.321 e. The predicted molar refractivity (Wildman–Crippen MR) is 109 cm³/mol. The van der Waals surface area contributed by atoms with Gasteiger partial charge in [0.2, 0.25) is 0 Å². The van der Waals surface area contributed by atoms with Gasteiger partial charge < -0.3 is 10.2 Å². The number of hydrogen-bond acceptors (Lipinski definition) is 3. The van der Waals surface area contributed by atoms with Crippen LogP contribution in [-0.4, -0.2) is 51.3 Å². The summed E-state index contributed by atoms with van der Waals surface area (Å²) in [7, 11) is 0. The van der Waals surface area contributed by atoms with E-state index in [0.29, 0.717) is 12.5 Å². The van der Waals surface area contributed by atoms with Crippen molar-refractivity contribution in [3.63, 3.8) is 0 Å². The lowest BCUT2D eigenvalue weighted by Gasteiger charge is -2.34. The summed E-state index contributed by atoms with van der Waals surface area (Å²) in [5, 5.41) is 7.18. The van der Waals surface area contributed by atoms with Crippen molar-refractivity contribution in [2.45, 2.75) is 46.3 Å². The number of benzene rings is 1. The molecular formula is C21H30FN5O. The van der Waals surface area contributed by atoms with E-state index in [0.717, 1.165) is 43.9 Å². The number of aryl methyl sites for hydroxylation is 1. The van der Waals surface area contributed by atoms with Crippen LogP contribution in [0.5, 0.6) is 0 Å². The van der Waals surface area contributed by atoms with Crippen molar-refractivity contribution in [1.29, 1.82) is 0 Å². The summed E-state index contributed by atoms with van der Waals surface area (Å²) in [4.78, 5) is 17.1. The molecule has 1 aromatic carbocycles. The average Bonchev–Trinajstić information content (AvgIpc) is 3.01. The quantitative estimate of drug-likeness (QED) is 0.849. The molecule has 2 aromatic rings. The molecule has 1 aliphatic rings. The van der Waals surface area contributed by atoms with Crippen LogP contribution in [0.4, 0.5) is 14.9 Å². The molecule has 1 atom stereocenters. The van der Waals surface area contributed by atoms with E-state index in [9.17, 15) is 9.18 Å². The topological polar surface area (TPSA) is 53.4 Å². The summed E-state index contributed by atoms with van der Waals surface area (Å²) in [5.74, 6) is 0.186. The van der Waals surface area contributed by atoms with Crippen LogP contribution in [0.2, 0.25) is 0 Å². The van der Waals surface area contributed by atoms with Crippen LogP contribution in [0.15, 0.2) is 36.7 Å². The van der Waals surface area contributed by atoms with Crippen LogP contribution >= 0.6 is 0 Å². The first kappa shape index (κ1) is 20.3. The Balaban J connectivity index is 1.67. The zero-order valence-corrected chi connectivity index (χ0v) is 16.9. The van der Waals surface area contributed by atoms with E-state index in [1.165, 1.54) is 12.1 Å². The van der Waals surface area contributed by atoms with Crippen molar-refractivity contribution in [3.8, 4) is 0 Å². The van der Waals surface area contributed by atoms with Gasteiger partial charge in [-0.05, 0) is 37.0 Å². The maximum Gasteiger partial charge on any atom is 0.321 e. The molecule has 152 valence electrons. The highest BCUT2D eigenvalue weighted by Gasteiger charge is 2.29. The molecular weight excluding hydrogens is 357 g/mol. The van der Waals surface area contributed by atoms with E-state index in [1.54, 1.807) is 10.9 Å². The summed E-state index contributed by atoms with van der Waals surface area (Å²) < 4.78 is 15.0. The van der Waals surface area contributed by atoms with E-state index >= 15 is 0 Å². The third-order valence-corrected chi connectivity index (χ3v) is 5.31. The number of hydrogen-bond donors (Lipinski definition) is 1. The predicted octanol–water partition coefficient (Wildman–Crippen LogP) is 3.81. The molecule has 0 radical (unpaired) electrons. The van der Waals surface area contributed by atoms with E-state index < -0.39 is 0 Å². The van der Waals surface area contributed by atoms with Gasteiger partial charge in [-0.25, -0.2) is 9.18 Å². The Kier molecular flexibility index (Phi) is 6.67. The van der Waals surface area contributed by atoms with Gasteiger partial charge in [-0.1, -0.05) is 26.0 Å². The van der Waals surface area contributed by atoms with Gasteiger partial charge in [0, 0.05) is 45.0 Å². The Morgan fingerprint density at radius 3 is 2.68 bits per heavy atom. The lowest BCUT2D eigenvalue weighted by Crippen LogP contribution is -2.46. The SMILES string of the molecule is CCn1cc(NC(=O)N2CCCN(Cc3ccc(F)cc3)[C@@H](C(C)C)C2)cn1. The monoisotopic (exact) mass is 387 g/mol. The molecule has 0 unspecified atom stereocenters. The Morgan fingerprint density at radius 2 is 2.04 bits per heavy atom. The highest BCUT2D eigenvalue weighted by Crippen LogP contribution is 2.21. The summed E-state index contributed by atoms with van der Waals surface area (Å²) in [5.41, 5.74) is 1.82. The molecule has 0 bridgehead atoms. The van der Waals surface area contributed by atoms with Crippen LogP contribution in [0, 0.1) is 11.7 Å². The molecule has 6 nitrogen and oxygen atoms in total. The number of nitrogens with zero attached hydrogens (tertiary/aromatic N) is 4. The first-order valence-corrected chi connectivity index (χ1v) is 10.0. The van der Waals surface area contributed by atoms with E-state index in [4.69, 9.17) is 0 Å². The number of rotatable bonds is 5. The third-order valence-electron chi connectivity index (χ3n) is 5.31. The lowest BCUT2D eigenvalue weighted by molar-refractivity contribution is 0.138.